The second kappa shape index (κ2) is 7.92. The molecule has 1 aromatic heterocycles. The van der Waals surface area contributed by atoms with Gasteiger partial charge in [0, 0.05) is 30.6 Å². The zero-order valence-corrected chi connectivity index (χ0v) is 14.7. The summed E-state index contributed by atoms with van der Waals surface area (Å²) in [6.45, 7) is 3.99. The third-order valence-corrected chi connectivity index (χ3v) is 5.66. The summed E-state index contributed by atoms with van der Waals surface area (Å²) in [5.41, 5.74) is 1.23. The molecule has 3 atom stereocenters. The number of aliphatic hydroxyl groups excluding tert-OH is 1. The molecule has 2 N–H and O–H groups in total. The van der Waals surface area contributed by atoms with Gasteiger partial charge in [-0.2, -0.15) is 0 Å². The smallest absolute Gasteiger partial charge is 0.228 e. The van der Waals surface area contributed by atoms with Gasteiger partial charge in [0.15, 0.2) is 0 Å². The summed E-state index contributed by atoms with van der Waals surface area (Å²) in [5, 5.41) is 15.1. The SMILES string of the molecule is CC(C(=O)NCC1CC(O)CN1Cc1ccccc1)c1cccs1. The zero-order valence-electron chi connectivity index (χ0n) is 13.9. The predicted octanol–water partition coefficient (Wildman–Crippen LogP) is 2.60. The number of aliphatic hydroxyl groups is 1. The van der Waals surface area contributed by atoms with E-state index in [0.717, 1.165) is 11.4 Å². The third kappa shape index (κ3) is 4.23. The second-order valence-corrected chi connectivity index (χ2v) is 7.42. The lowest BCUT2D eigenvalue weighted by Gasteiger charge is -2.25. The van der Waals surface area contributed by atoms with E-state index < -0.39 is 0 Å². The Kier molecular flexibility index (Phi) is 5.66. The summed E-state index contributed by atoms with van der Waals surface area (Å²) < 4.78 is 0. The van der Waals surface area contributed by atoms with Crippen LogP contribution >= 0.6 is 11.3 Å². The Morgan fingerprint density at radius 2 is 2.12 bits per heavy atom. The van der Waals surface area contributed by atoms with Crippen LogP contribution in [-0.4, -0.2) is 41.1 Å². The van der Waals surface area contributed by atoms with E-state index in [-0.39, 0.29) is 24.0 Å². The number of amides is 1. The van der Waals surface area contributed by atoms with Crippen molar-refractivity contribution in [1.82, 2.24) is 10.2 Å². The van der Waals surface area contributed by atoms with Crippen LogP contribution in [0.4, 0.5) is 0 Å². The maximum Gasteiger partial charge on any atom is 0.228 e. The molecule has 2 heterocycles. The molecule has 1 aromatic carbocycles. The minimum absolute atomic E-state index is 0.0542. The molecule has 24 heavy (non-hydrogen) atoms. The van der Waals surface area contributed by atoms with Gasteiger partial charge < -0.3 is 10.4 Å². The van der Waals surface area contributed by atoms with E-state index in [9.17, 15) is 9.90 Å². The number of β-amino-alcohol motifs (C(OH)–C–C–N with tert-alkyl or cyclic N) is 1. The molecule has 0 aliphatic carbocycles. The van der Waals surface area contributed by atoms with Crippen LogP contribution in [0.25, 0.3) is 0 Å². The molecule has 0 radical (unpaired) electrons. The molecule has 2 aromatic rings. The van der Waals surface area contributed by atoms with Crippen molar-refractivity contribution in [3.63, 3.8) is 0 Å². The average Bonchev–Trinajstić information content (AvgIpc) is 3.23. The highest BCUT2D eigenvalue weighted by Crippen LogP contribution is 2.22. The molecular weight excluding hydrogens is 320 g/mol. The quantitative estimate of drug-likeness (QED) is 0.847. The first kappa shape index (κ1) is 17.1. The Balaban J connectivity index is 1.55. The van der Waals surface area contributed by atoms with Gasteiger partial charge in [0.25, 0.3) is 0 Å². The Bertz CT molecular complexity index is 645. The fourth-order valence-corrected chi connectivity index (χ4v) is 4.00. The summed E-state index contributed by atoms with van der Waals surface area (Å²) in [7, 11) is 0. The summed E-state index contributed by atoms with van der Waals surface area (Å²) in [5.74, 6) is -0.0719. The summed E-state index contributed by atoms with van der Waals surface area (Å²) in [6, 6.07) is 14.4. The van der Waals surface area contributed by atoms with E-state index in [0.29, 0.717) is 19.5 Å². The van der Waals surface area contributed by atoms with Crippen molar-refractivity contribution in [2.75, 3.05) is 13.1 Å². The Morgan fingerprint density at radius 1 is 1.33 bits per heavy atom. The van der Waals surface area contributed by atoms with E-state index >= 15 is 0 Å². The monoisotopic (exact) mass is 344 g/mol. The van der Waals surface area contributed by atoms with Crippen LogP contribution in [0.5, 0.6) is 0 Å². The maximum absolute atomic E-state index is 12.4. The normalized spacial score (nSPS) is 22.4. The first-order valence-electron chi connectivity index (χ1n) is 8.40. The number of nitrogens with zero attached hydrogens (tertiary/aromatic N) is 1. The number of nitrogens with one attached hydrogen (secondary N) is 1. The average molecular weight is 344 g/mol. The summed E-state index contributed by atoms with van der Waals surface area (Å²) in [4.78, 5) is 15.7. The molecule has 3 unspecified atom stereocenters. The van der Waals surface area contributed by atoms with E-state index in [1.54, 1.807) is 11.3 Å². The summed E-state index contributed by atoms with van der Waals surface area (Å²) in [6.07, 6.45) is 0.394. The van der Waals surface area contributed by atoms with E-state index in [2.05, 4.69) is 22.3 Å². The van der Waals surface area contributed by atoms with Crippen LogP contribution in [0.2, 0.25) is 0 Å². The van der Waals surface area contributed by atoms with Crippen LogP contribution in [0.15, 0.2) is 47.8 Å². The number of hydrogen-bond acceptors (Lipinski definition) is 4. The molecule has 1 fully saturated rings. The lowest BCUT2D eigenvalue weighted by atomic mass is 10.1. The Morgan fingerprint density at radius 3 is 2.83 bits per heavy atom. The van der Waals surface area contributed by atoms with Crippen molar-refractivity contribution in [3.8, 4) is 0 Å². The van der Waals surface area contributed by atoms with Crippen LogP contribution < -0.4 is 5.32 Å². The first-order valence-corrected chi connectivity index (χ1v) is 9.28. The fourth-order valence-electron chi connectivity index (χ4n) is 3.22. The van der Waals surface area contributed by atoms with Crippen molar-refractivity contribution in [2.45, 2.75) is 38.0 Å². The van der Waals surface area contributed by atoms with Crippen molar-refractivity contribution in [3.05, 3.63) is 58.3 Å². The molecule has 0 bridgehead atoms. The van der Waals surface area contributed by atoms with Crippen LogP contribution in [0, 0.1) is 0 Å². The molecule has 4 nitrogen and oxygen atoms in total. The zero-order chi connectivity index (χ0) is 16.9. The highest BCUT2D eigenvalue weighted by atomic mass is 32.1. The van der Waals surface area contributed by atoms with Crippen molar-refractivity contribution < 1.29 is 9.90 Å². The van der Waals surface area contributed by atoms with Crippen LogP contribution in [-0.2, 0) is 11.3 Å². The number of benzene rings is 1. The Labute approximate surface area is 147 Å². The number of rotatable bonds is 6. The molecule has 1 amide bonds. The Hall–Kier alpha value is -1.69. The third-order valence-electron chi connectivity index (χ3n) is 4.61. The van der Waals surface area contributed by atoms with Gasteiger partial charge in [-0.05, 0) is 30.4 Å². The highest BCUT2D eigenvalue weighted by Gasteiger charge is 2.31. The number of likely N-dealkylation sites (tertiary alicyclic amines) is 1. The lowest BCUT2D eigenvalue weighted by Crippen LogP contribution is -2.41. The van der Waals surface area contributed by atoms with Gasteiger partial charge in [-0.15, -0.1) is 11.3 Å². The molecular formula is C19H24N2O2S. The second-order valence-electron chi connectivity index (χ2n) is 6.44. The van der Waals surface area contributed by atoms with Gasteiger partial charge in [0.2, 0.25) is 5.91 Å². The predicted molar refractivity (Wildman–Crippen MR) is 97.0 cm³/mol. The van der Waals surface area contributed by atoms with Crippen molar-refractivity contribution in [2.24, 2.45) is 0 Å². The molecule has 5 heteroatoms. The fraction of sp³-hybridized carbons (Fsp3) is 0.421. The molecule has 128 valence electrons. The number of thiophene rings is 1. The molecule has 3 rings (SSSR count). The minimum atomic E-state index is -0.315. The molecule has 0 saturated carbocycles. The van der Waals surface area contributed by atoms with Gasteiger partial charge in [-0.1, -0.05) is 36.4 Å². The lowest BCUT2D eigenvalue weighted by molar-refractivity contribution is -0.122. The van der Waals surface area contributed by atoms with Gasteiger partial charge in [0.1, 0.15) is 0 Å². The van der Waals surface area contributed by atoms with E-state index in [1.165, 1.54) is 5.56 Å². The largest absolute Gasteiger partial charge is 0.392 e. The van der Waals surface area contributed by atoms with Crippen LogP contribution in [0.3, 0.4) is 0 Å². The topological polar surface area (TPSA) is 52.6 Å². The highest BCUT2D eigenvalue weighted by molar-refractivity contribution is 7.10. The van der Waals surface area contributed by atoms with Crippen LogP contribution in [0.1, 0.15) is 29.7 Å². The standard InChI is InChI=1S/C19H24N2O2S/c1-14(18-8-5-9-24-18)19(23)20-11-16-10-17(22)13-21(16)12-15-6-3-2-4-7-15/h2-9,14,16-17,22H,10-13H2,1H3,(H,20,23). The maximum atomic E-state index is 12.4. The molecule has 1 saturated heterocycles. The molecule has 1 aliphatic rings. The first-order chi connectivity index (χ1) is 11.6. The minimum Gasteiger partial charge on any atom is -0.392 e. The van der Waals surface area contributed by atoms with Gasteiger partial charge in [-0.3, -0.25) is 9.69 Å². The van der Waals surface area contributed by atoms with Crippen molar-refractivity contribution in [1.29, 1.82) is 0 Å². The number of hydrogen-bond donors (Lipinski definition) is 2. The van der Waals surface area contributed by atoms with Crippen molar-refractivity contribution >= 4 is 17.2 Å². The van der Waals surface area contributed by atoms with Gasteiger partial charge in [-0.25, -0.2) is 0 Å². The number of carbonyl (C=O) groups excluding carboxylic acids is 1. The van der Waals surface area contributed by atoms with Gasteiger partial charge >= 0.3 is 0 Å². The summed E-state index contributed by atoms with van der Waals surface area (Å²) >= 11 is 1.61. The number of carbonyl (C=O) groups is 1. The molecule has 1 aliphatic heterocycles. The van der Waals surface area contributed by atoms with E-state index in [4.69, 9.17) is 0 Å². The van der Waals surface area contributed by atoms with Gasteiger partial charge in [0.05, 0.1) is 12.0 Å². The molecule has 0 spiro atoms. The van der Waals surface area contributed by atoms with E-state index in [1.807, 2.05) is 42.6 Å².